The Morgan fingerprint density at radius 1 is 1.26 bits per heavy atom. The fourth-order valence-corrected chi connectivity index (χ4v) is 2.30. The highest BCUT2D eigenvalue weighted by Crippen LogP contribution is 2.22. The van der Waals surface area contributed by atoms with Crippen molar-refractivity contribution in [2.75, 3.05) is 11.1 Å². The molecule has 98 valence electrons. The van der Waals surface area contributed by atoms with Gasteiger partial charge in [-0.3, -0.25) is 4.79 Å². The van der Waals surface area contributed by atoms with E-state index in [2.05, 4.69) is 21.2 Å². The van der Waals surface area contributed by atoms with E-state index in [4.69, 9.17) is 17.3 Å². The number of nitrogens with two attached hydrogens (primary N) is 1. The van der Waals surface area contributed by atoms with E-state index in [1.54, 1.807) is 18.2 Å². The Hall–Kier alpha value is -1.52. The van der Waals surface area contributed by atoms with E-state index in [-0.39, 0.29) is 5.91 Å². The van der Waals surface area contributed by atoms with Crippen LogP contribution < -0.4 is 11.1 Å². The van der Waals surface area contributed by atoms with Crippen molar-refractivity contribution in [3.8, 4) is 0 Å². The van der Waals surface area contributed by atoms with E-state index < -0.39 is 0 Å². The van der Waals surface area contributed by atoms with Crippen molar-refractivity contribution in [2.24, 2.45) is 0 Å². The molecule has 2 aromatic carbocycles. The summed E-state index contributed by atoms with van der Waals surface area (Å²) in [5.74, 6) is -0.118. The Balaban J connectivity index is 2.05. The van der Waals surface area contributed by atoms with Crippen LogP contribution in [0.3, 0.4) is 0 Å². The largest absolute Gasteiger partial charge is 0.397 e. The van der Waals surface area contributed by atoms with E-state index in [1.807, 2.05) is 24.3 Å². The summed E-state index contributed by atoms with van der Waals surface area (Å²) in [6.45, 7) is 0. The number of carbonyl (C=O) groups excluding carboxylic acids is 1. The van der Waals surface area contributed by atoms with Gasteiger partial charge in [-0.15, -0.1) is 0 Å². The molecule has 0 saturated heterocycles. The third-order valence-electron chi connectivity index (χ3n) is 2.54. The molecule has 0 unspecified atom stereocenters. The Morgan fingerprint density at radius 3 is 2.74 bits per heavy atom. The summed E-state index contributed by atoms with van der Waals surface area (Å²) < 4.78 is 0.948. The number of benzene rings is 2. The van der Waals surface area contributed by atoms with E-state index in [0.29, 0.717) is 22.8 Å². The van der Waals surface area contributed by atoms with Crippen LogP contribution in [0.1, 0.15) is 5.56 Å². The average Bonchev–Trinajstić information content (AvgIpc) is 2.33. The van der Waals surface area contributed by atoms with Crippen LogP contribution in [0.15, 0.2) is 46.9 Å². The van der Waals surface area contributed by atoms with Crippen LogP contribution in [0.4, 0.5) is 11.4 Å². The number of amides is 1. The Labute approximate surface area is 124 Å². The van der Waals surface area contributed by atoms with E-state index in [1.165, 1.54) is 0 Å². The Bertz CT molecular complexity index is 616. The predicted molar refractivity (Wildman–Crippen MR) is 82.3 cm³/mol. The third-order valence-corrected chi connectivity index (χ3v) is 3.27. The molecule has 0 radical (unpaired) electrons. The van der Waals surface area contributed by atoms with E-state index in [9.17, 15) is 4.79 Å². The zero-order valence-corrected chi connectivity index (χ0v) is 12.3. The second-order valence-electron chi connectivity index (χ2n) is 4.09. The maximum absolute atomic E-state index is 11.9. The van der Waals surface area contributed by atoms with Gasteiger partial charge < -0.3 is 11.1 Å². The number of nitrogen functional groups attached to an aromatic ring is 1. The van der Waals surface area contributed by atoms with Gasteiger partial charge in [-0.1, -0.05) is 39.7 Å². The molecule has 0 aromatic heterocycles. The normalized spacial score (nSPS) is 10.2. The first-order valence-electron chi connectivity index (χ1n) is 5.64. The lowest BCUT2D eigenvalue weighted by Crippen LogP contribution is -2.15. The molecule has 0 aliphatic rings. The number of rotatable bonds is 3. The van der Waals surface area contributed by atoms with Crippen molar-refractivity contribution in [1.82, 2.24) is 0 Å². The van der Waals surface area contributed by atoms with Gasteiger partial charge in [-0.05, 0) is 35.9 Å². The highest BCUT2D eigenvalue weighted by atomic mass is 79.9. The van der Waals surface area contributed by atoms with Crippen LogP contribution in [0.2, 0.25) is 5.02 Å². The molecule has 3 N–H and O–H groups in total. The van der Waals surface area contributed by atoms with Gasteiger partial charge in [-0.25, -0.2) is 0 Å². The van der Waals surface area contributed by atoms with Crippen molar-refractivity contribution in [1.29, 1.82) is 0 Å². The van der Waals surface area contributed by atoms with Gasteiger partial charge in [0.15, 0.2) is 0 Å². The van der Waals surface area contributed by atoms with Crippen molar-refractivity contribution in [3.63, 3.8) is 0 Å². The maximum Gasteiger partial charge on any atom is 0.228 e. The molecule has 0 atom stereocenters. The molecule has 0 bridgehead atoms. The van der Waals surface area contributed by atoms with Crippen LogP contribution >= 0.6 is 27.5 Å². The van der Waals surface area contributed by atoms with Gasteiger partial charge in [0.05, 0.1) is 17.8 Å². The summed E-state index contributed by atoms with van der Waals surface area (Å²) in [5, 5.41) is 3.31. The van der Waals surface area contributed by atoms with Gasteiger partial charge in [0.25, 0.3) is 0 Å². The molecule has 0 fully saturated rings. The summed E-state index contributed by atoms with van der Waals surface area (Å²) >= 11 is 9.17. The number of carbonyl (C=O) groups is 1. The molecule has 5 heteroatoms. The fourth-order valence-electron chi connectivity index (χ4n) is 1.67. The van der Waals surface area contributed by atoms with E-state index in [0.717, 1.165) is 10.0 Å². The minimum absolute atomic E-state index is 0.118. The van der Waals surface area contributed by atoms with Crippen molar-refractivity contribution in [3.05, 3.63) is 57.5 Å². The summed E-state index contributed by atoms with van der Waals surface area (Å²) in [6, 6.07) is 12.6. The molecular weight excluding hydrogens is 328 g/mol. The Morgan fingerprint density at radius 2 is 2.05 bits per heavy atom. The zero-order chi connectivity index (χ0) is 13.8. The lowest BCUT2D eigenvalue weighted by molar-refractivity contribution is -0.115. The number of halogens is 2. The number of anilines is 2. The smallest absolute Gasteiger partial charge is 0.228 e. The van der Waals surface area contributed by atoms with Gasteiger partial charge in [-0.2, -0.15) is 0 Å². The van der Waals surface area contributed by atoms with Crippen LogP contribution in [0.5, 0.6) is 0 Å². The average molecular weight is 340 g/mol. The zero-order valence-electron chi connectivity index (χ0n) is 9.99. The monoisotopic (exact) mass is 338 g/mol. The SMILES string of the molecule is Nc1cc(Cl)ccc1NC(=O)Cc1cccc(Br)c1. The molecule has 2 rings (SSSR count). The van der Waals surface area contributed by atoms with Crippen LogP contribution in [-0.4, -0.2) is 5.91 Å². The molecule has 0 aliphatic heterocycles. The van der Waals surface area contributed by atoms with Gasteiger partial charge >= 0.3 is 0 Å². The molecule has 0 spiro atoms. The number of hydrogen-bond acceptors (Lipinski definition) is 2. The minimum Gasteiger partial charge on any atom is -0.397 e. The Kier molecular flexibility index (Phi) is 4.45. The first-order chi connectivity index (χ1) is 9.04. The van der Waals surface area contributed by atoms with Crippen LogP contribution in [-0.2, 0) is 11.2 Å². The molecule has 1 amide bonds. The first kappa shape index (κ1) is 13.9. The van der Waals surface area contributed by atoms with Gasteiger partial charge in [0.1, 0.15) is 0 Å². The summed E-state index contributed by atoms with van der Waals surface area (Å²) in [7, 11) is 0. The minimum atomic E-state index is -0.118. The predicted octanol–water partition coefficient (Wildman–Crippen LogP) is 3.87. The molecule has 3 nitrogen and oxygen atoms in total. The quantitative estimate of drug-likeness (QED) is 0.834. The maximum atomic E-state index is 11.9. The van der Waals surface area contributed by atoms with Crippen molar-refractivity contribution >= 4 is 44.8 Å². The number of nitrogens with one attached hydrogen (secondary N) is 1. The summed E-state index contributed by atoms with van der Waals surface area (Å²) in [5.41, 5.74) is 7.74. The van der Waals surface area contributed by atoms with Crippen LogP contribution in [0, 0.1) is 0 Å². The molecule has 0 aliphatic carbocycles. The standard InChI is InChI=1S/C14H12BrClN2O/c15-10-3-1-2-9(6-10)7-14(19)18-13-5-4-11(16)8-12(13)17/h1-6,8H,7,17H2,(H,18,19). The second-order valence-corrected chi connectivity index (χ2v) is 5.44. The molecule has 19 heavy (non-hydrogen) atoms. The third kappa shape index (κ3) is 3.98. The second kappa shape index (κ2) is 6.08. The van der Waals surface area contributed by atoms with Gasteiger partial charge in [0, 0.05) is 9.50 Å². The summed E-state index contributed by atoms with van der Waals surface area (Å²) in [6.07, 6.45) is 0.293. The number of hydrogen-bond donors (Lipinski definition) is 2. The molecule has 2 aromatic rings. The lowest BCUT2D eigenvalue weighted by atomic mass is 10.1. The van der Waals surface area contributed by atoms with Crippen molar-refractivity contribution < 1.29 is 4.79 Å². The topological polar surface area (TPSA) is 55.1 Å². The lowest BCUT2D eigenvalue weighted by Gasteiger charge is -2.08. The van der Waals surface area contributed by atoms with Gasteiger partial charge in [0.2, 0.25) is 5.91 Å². The highest BCUT2D eigenvalue weighted by Gasteiger charge is 2.07. The van der Waals surface area contributed by atoms with E-state index >= 15 is 0 Å². The summed E-state index contributed by atoms with van der Waals surface area (Å²) in [4.78, 5) is 11.9. The molecule has 0 saturated carbocycles. The first-order valence-corrected chi connectivity index (χ1v) is 6.81. The molecular formula is C14H12BrClN2O. The fraction of sp³-hybridized carbons (Fsp3) is 0.0714. The van der Waals surface area contributed by atoms with Crippen molar-refractivity contribution in [2.45, 2.75) is 6.42 Å². The highest BCUT2D eigenvalue weighted by molar-refractivity contribution is 9.10. The molecule has 0 heterocycles. The van der Waals surface area contributed by atoms with Crippen LogP contribution in [0.25, 0.3) is 0 Å².